The molecule has 1 aromatic rings. The van der Waals surface area contributed by atoms with Gasteiger partial charge in [-0.3, -0.25) is 4.79 Å². The van der Waals surface area contributed by atoms with Crippen molar-refractivity contribution in [3.8, 4) is 11.5 Å². The first-order valence-electron chi connectivity index (χ1n) is 13.8. The van der Waals surface area contributed by atoms with E-state index in [-0.39, 0.29) is 16.6 Å². The number of ether oxygens (including phenoxy) is 2. The zero-order chi connectivity index (χ0) is 26.9. The van der Waals surface area contributed by atoms with Crippen molar-refractivity contribution in [1.82, 2.24) is 0 Å². The van der Waals surface area contributed by atoms with Crippen LogP contribution in [0.3, 0.4) is 0 Å². The highest BCUT2D eigenvalue weighted by molar-refractivity contribution is 6.90. The minimum absolute atomic E-state index is 0.0596. The van der Waals surface area contributed by atoms with Crippen molar-refractivity contribution < 1.29 is 14.3 Å². The molecule has 1 heterocycles. The summed E-state index contributed by atoms with van der Waals surface area (Å²) in [4.78, 5) is 13.9. The lowest BCUT2D eigenvalue weighted by molar-refractivity contribution is -0.268. The van der Waals surface area contributed by atoms with E-state index < -0.39 is 20.5 Å². The van der Waals surface area contributed by atoms with E-state index in [4.69, 9.17) is 9.47 Å². The summed E-state index contributed by atoms with van der Waals surface area (Å²) in [5.74, 6) is 3.91. The van der Waals surface area contributed by atoms with Crippen molar-refractivity contribution in [2.75, 3.05) is 6.61 Å². The number of Topliss-reactive ketones (excluding diaryl/α,β-unsaturated/α-hetero) is 1. The first-order chi connectivity index (χ1) is 16.8. The van der Waals surface area contributed by atoms with Crippen molar-refractivity contribution in [3.05, 3.63) is 41.5 Å². The van der Waals surface area contributed by atoms with Crippen molar-refractivity contribution in [2.24, 2.45) is 16.7 Å². The topological polar surface area (TPSA) is 35.5 Å². The van der Waals surface area contributed by atoms with E-state index >= 15 is 0 Å². The quantitative estimate of drug-likeness (QED) is 0.202. The predicted molar refractivity (Wildman–Crippen MR) is 153 cm³/mol. The summed E-state index contributed by atoms with van der Waals surface area (Å²) in [6.45, 7) is 23.3. The molecule has 0 N–H and O–H groups in total. The van der Waals surface area contributed by atoms with Crippen molar-refractivity contribution in [1.29, 1.82) is 0 Å². The first-order valence-corrected chi connectivity index (χ1v) is 16.1. The third-order valence-corrected chi connectivity index (χ3v) is 16.1. The van der Waals surface area contributed by atoms with Gasteiger partial charge in [-0.05, 0) is 64.9 Å². The second-order valence-corrected chi connectivity index (χ2v) is 18.4. The highest BCUT2D eigenvalue weighted by Gasteiger charge is 2.60. The molecule has 3 rings (SSSR count). The van der Waals surface area contributed by atoms with Gasteiger partial charge in [0, 0.05) is 5.41 Å². The van der Waals surface area contributed by atoms with Gasteiger partial charge in [-0.15, -0.1) is 5.54 Å². The van der Waals surface area contributed by atoms with Gasteiger partial charge in [0.2, 0.25) is 0 Å². The van der Waals surface area contributed by atoms with Gasteiger partial charge in [0.15, 0.2) is 18.2 Å². The molecular weight excluding hydrogens is 460 g/mol. The number of ketones is 1. The van der Waals surface area contributed by atoms with Crippen LogP contribution in [0.4, 0.5) is 0 Å². The van der Waals surface area contributed by atoms with E-state index in [0.29, 0.717) is 34.7 Å². The standard InChI is InChI=1S/C32H48O3Si/c1-22(2)36(23(3)4,24(5)6)19-17-28(29(33)25(7)20-26-14-12-11-13-15-26)35-30-32(10)18-16-27(21-34-30)31(32,8)9/h11-15,20,22-24,27-28,30H,16,18,21H2,1-10H3/b25-20+/t27-,28?,30-,32+/m1/s1. The Morgan fingerprint density at radius 1 is 1.06 bits per heavy atom. The van der Waals surface area contributed by atoms with Crippen LogP contribution >= 0.6 is 0 Å². The highest BCUT2D eigenvalue weighted by Crippen LogP contribution is 2.61. The Morgan fingerprint density at radius 3 is 2.19 bits per heavy atom. The Labute approximate surface area is 221 Å². The van der Waals surface area contributed by atoms with Crippen LogP contribution in [0, 0.1) is 28.2 Å². The molecule has 0 spiro atoms. The molecule has 1 aromatic carbocycles. The largest absolute Gasteiger partial charge is 0.352 e. The Kier molecular flexibility index (Phi) is 8.81. The number of carbonyl (C=O) groups excluding carboxylic acids is 1. The third kappa shape index (κ3) is 5.17. The summed E-state index contributed by atoms with van der Waals surface area (Å²) in [7, 11) is -2.03. The molecule has 1 unspecified atom stereocenters. The van der Waals surface area contributed by atoms with Crippen LogP contribution in [0.15, 0.2) is 35.9 Å². The summed E-state index contributed by atoms with van der Waals surface area (Å²) in [5.41, 5.74) is 6.84. The fourth-order valence-electron chi connectivity index (χ4n) is 6.90. The molecule has 2 fully saturated rings. The highest BCUT2D eigenvalue weighted by atomic mass is 28.3. The van der Waals surface area contributed by atoms with E-state index in [1.807, 2.05) is 43.3 Å². The van der Waals surface area contributed by atoms with Crippen LogP contribution in [-0.2, 0) is 14.3 Å². The van der Waals surface area contributed by atoms with Crippen molar-refractivity contribution in [2.45, 2.75) is 111 Å². The first kappa shape index (κ1) is 28.9. The number of hydrogen-bond donors (Lipinski definition) is 0. The minimum Gasteiger partial charge on any atom is -0.352 e. The number of rotatable bonds is 8. The van der Waals surface area contributed by atoms with Gasteiger partial charge in [0.1, 0.15) is 8.07 Å². The van der Waals surface area contributed by atoms with Gasteiger partial charge < -0.3 is 9.47 Å². The maximum absolute atomic E-state index is 13.9. The Balaban J connectivity index is 2.03. The number of hydrogen-bond acceptors (Lipinski definition) is 3. The molecule has 1 saturated carbocycles. The number of fused-ring (bicyclic) bond motifs is 2. The monoisotopic (exact) mass is 508 g/mol. The maximum Gasteiger partial charge on any atom is 0.199 e. The molecule has 1 aliphatic carbocycles. The fourth-order valence-corrected chi connectivity index (χ4v) is 12.1. The normalized spacial score (nSPS) is 26.8. The number of carbonyl (C=O) groups is 1. The summed E-state index contributed by atoms with van der Waals surface area (Å²) >= 11 is 0. The van der Waals surface area contributed by atoms with Gasteiger partial charge in [-0.1, -0.05) is 98.6 Å². The van der Waals surface area contributed by atoms with Crippen LogP contribution in [0.1, 0.15) is 87.6 Å². The maximum atomic E-state index is 13.9. The number of benzene rings is 1. The molecular formula is C32H48O3Si. The Hall–Kier alpha value is -1.67. The zero-order valence-corrected chi connectivity index (χ0v) is 25.3. The van der Waals surface area contributed by atoms with Crippen LogP contribution in [-0.4, -0.2) is 32.9 Å². The smallest absolute Gasteiger partial charge is 0.199 e. The molecule has 0 amide bonds. The predicted octanol–water partition coefficient (Wildman–Crippen LogP) is 8.06. The molecule has 4 atom stereocenters. The molecule has 3 nitrogen and oxygen atoms in total. The molecule has 198 valence electrons. The summed E-state index contributed by atoms with van der Waals surface area (Å²) in [6.07, 6.45) is 2.86. The molecule has 36 heavy (non-hydrogen) atoms. The van der Waals surface area contributed by atoms with Gasteiger partial charge >= 0.3 is 0 Å². The van der Waals surface area contributed by atoms with E-state index in [1.54, 1.807) is 0 Å². The summed E-state index contributed by atoms with van der Waals surface area (Å²) in [6, 6.07) is 9.98. The van der Waals surface area contributed by atoms with Crippen LogP contribution in [0.25, 0.3) is 6.08 Å². The molecule has 4 heteroatoms. The molecule has 2 aliphatic rings. The Morgan fingerprint density at radius 2 is 1.64 bits per heavy atom. The average molecular weight is 509 g/mol. The van der Waals surface area contributed by atoms with Gasteiger partial charge in [-0.25, -0.2) is 0 Å². The van der Waals surface area contributed by atoms with E-state index in [0.717, 1.165) is 18.4 Å². The van der Waals surface area contributed by atoms with Crippen LogP contribution in [0.2, 0.25) is 16.6 Å². The summed E-state index contributed by atoms with van der Waals surface area (Å²) in [5, 5.41) is 0. The lowest BCUT2D eigenvalue weighted by atomic mass is 9.64. The van der Waals surface area contributed by atoms with Crippen molar-refractivity contribution >= 4 is 19.9 Å². The lowest BCUT2D eigenvalue weighted by Crippen LogP contribution is -2.53. The molecule has 0 radical (unpaired) electrons. The average Bonchev–Trinajstić information content (AvgIpc) is 2.92. The SMILES string of the molecule is C/C(=C\c1ccccc1)C(=O)C(C#C[Si](C(C)C)(C(C)C)C(C)C)O[C@H]1OC[C@H]2CC[C@]1(C)C2(C)C. The van der Waals surface area contributed by atoms with Gasteiger partial charge in [-0.2, -0.15) is 0 Å². The van der Waals surface area contributed by atoms with Crippen LogP contribution in [0.5, 0.6) is 0 Å². The minimum atomic E-state index is -2.03. The molecule has 1 aliphatic heterocycles. The second-order valence-electron chi connectivity index (χ2n) is 12.8. The zero-order valence-electron chi connectivity index (χ0n) is 24.3. The van der Waals surface area contributed by atoms with Gasteiger partial charge in [0.05, 0.1) is 6.61 Å². The van der Waals surface area contributed by atoms with Gasteiger partial charge in [0.25, 0.3) is 0 Å². The van der Waals surface area contributed by atoms with E-state index in [2.05, 4.69) is 73.8 Å². The molecule has 0 aromatic heterocycles. The van der Waals surface area contributed by atoms with Crippen LogP contribution < -0.4 is 0 Å². The van der Waals surface area contributed by atoms with E-state index in [9.17, 15) is 4.79 Å². The molecule has 1 saturated heterocycles. The molecule has 2 bridgehead atoms. The summed E-state index contributed by atoms with van der Waals surface area (Å²) < 4.78 is 13.0. The third-order valence-electron chi connectivity index (χ3n) is 9.83. The lowest BCUT2D eigenvalue weighted by Gasteiger charge is -2.50. The second kappa shape index (κ2) is 11.0. The van der Waals surface area contributed by atoms with Crippen molar-refractivity contribution in [3.63, 3.8) is 0 Å². The van der Waals surface area contributed by atoms with E-state index in [1.165, 1.54) is 0 Å². The fraction of sp³-hybridized carbons (Fsp3) is 0.656. The Bertz CT molecular complexity index is 989.